The van der Waals surface area contributed by atoms with Gasteiger partial charge in [-0.1, -0.05) is 26.0 Å². The van der Waals surface area contributed by atoms with Crippen LogP contribution in [0.1, 0.15) is 26.7 Å². The molecule has 0 spiro atoms. The molecular formula is C21H28N2O. The number of hydrogen-bond acceptors (Lipinski definition) is 3. The summed E-state index contributed by atoms with van der Waals surface area (Å²) in [6, 6.07) is 12.4. The van der Waals surface area contributed by atoms with Crippen molar-refractivity contribution < 1.29 is 4.74 Å². The van der Waals surface area contributed by atoms with Crippen LogP contribution in [0.15, 0.2) is 48.8 Å². The molecule has 0 aliphatic carbocycles. The molecule has 2 aromatic rings. The van der Waals surface area contributed by atoms with E-state index in [1.807, 2.05) is 24.5 Å². The van der Waals surface area contributed by atoms with Crippen molar-refractivity contribution in [2.45, 2.75) is 26.7 Å². The van der Waals surface area contributed by atoms with Crippen molar-refractivity contribution in [3.8, 4) is 16.9 Å². The molecular weight excluding hydrogens is 296 g/mol. The smallest absolute Gasteiger partial charge is 0.119 e. The van der Waals surface area contributed by atoms with E-state index in [0.29, 0.717) is 0 Å². The van der Waals surface area contributed by atoms with Gasteiger partial charge in [0.2, 0.25) is 0 Å². The quantitative estimate of drug-likeness (QED) is 0.732. The summed E-state index contributed by atoms with van der Waals surface area (Å²) in [7, 11) is 0. The summed E-state index contributed by atoms with van der Waals surface area (Å²) in [6.07, 6.45) is 6.10. The highest BCUT2D eigenvalue weighted by atomic mass is 16.5. The fraction of sp³-hybridized carbons (Fsp3) is 0.476. The number of nitrogens with zero attached hydrogens (tertiary/aromatic N) is 2. The Hall–Kier alpha value is -1.87. The summed E-state index contributed by atoms with van der Waals surface area (Å²) in [6.45, 7) is 9.14. The molecule has 3 nitrogen and oxygen atoms in total. The lowest BCUT2D eigenvalue weighted by molar-refractivity contribution is 0.132. The summed E-state index contributed by atoms with van der Waals surface area (Å²) in [4.78, 5) is 6.65. The van der Waals surface area contributed by atoms with Gasteiger partial charge in [0.1, 0.15) is 5.75 Å². The summed E-state index contributed by atoms with van der Waals surface area (Å²) >= 11 is 0. The van der Waals surface area contributed by atoms with Crippen LogP contribution in [-0.4, -0.2) is 36.1 Å². The first kappa shape index (κ1) is 17.0. The number of benzene rings is 1. The number of piperidine rings is 1. The van der Waals surface area contributed by atoms with E-state index in [4.69, 9.17) is 4.74 Å². The molecule has 0 saturated carbocycles. The van der Waals surface area contributed by atoms with E-state index in [1.165, 1.54) is 30.6 Å². The highest BCUT2D eigenvalue weighted by Gasteiger charge is 2.20. The number of hydrogen-bond donors (Lipinski definition) is 0. The van der Waals surface area contributed by atoms with E-state index in [-0.39, 0.29) is 0 Å². The second-order valence-electron chi connectivity index (χ2n) is 7.17. The van der Waals surface area contributed by atoms with Crippen molar-refractivity contribution in [1.82, 2.24) is 9.88 Å². The molecule has 0 amide bonds. The minimum absolute atomic E-state index is 0.786. The van der Waals surface area contributed by atoms with Gasteiger partial charge in [0, 0.05) is 32.0 Å². The van der Waals surface area contributed by atoms with Crippen LogP contribution in [0.25, 0.3) is 11.1 Å². The Morgan fingerprint density at radius 3 is 2.25 bits per heavy atom. The number of pyridine rings is 1. The molecule has 1 saturated heterocycles. The van der Waals surface area contributed by atoms with Gasteiger partial charge in [-0.3, -0.25) is 4.98 Å². The zero-order chi connectivity index (χ0) is 16.8. The molecule has 1 aromatic carbocycles. The molecule has 0 unspecified atom stereocenters. The minimum atomic E-state index is 0.786. The van der Waals surface area contributed by atoms with Gasteiger partial charge in [-0.15, -0.1) is 0 Å². The Morgan fingerprint density at radius 1 is 0.958 bits per heavy atom. The molecule has 0 bridgehead atoms. The molecule has 128 valence electrons. The number of aromatic nitrogens is 1. The third-order valence-electron chi connectivity index (χ3n) is 4.70. The summed E-state index contributed by atoms with van der Waals surface area (Å²) in [5, 5.41) is 0. The Bertz CT molecular complexity index is 601. The number of likely N-dealkylation sites (tertiary alicyclic amines) is 1. The zero-order valence-electron chi connectivity index (χ0n) is 14.8. The largest absolute Gasteiger partial charge is 0.494 e. The molecule has 0 N–H and O–H groups in total. The predicted octanol–water partition coefficient (Wildman–Crippen LogP) is 4.50. The lowest BCUT2D eigenvalue weighted by Crippen LogP contribution is -2.39. The van der Waals surface area contributed by atoms with Gasteiger partial charge in [-0.25, -0.2) is 0 Å². The molecule has 2 heterocycles. The molecule has 1 aliphatic rings. The van der Waals surface area contributed by atoms with Crippen molar-refractivity contribution in [2.24, 2.45) is 11.8 Å². The van der Waals surface area contributed by atoms with Gasteiger partial charge in [0.25, 0.3) is 0 Å². The van der Waals surface area contributed by atoms with Gasteiger partial charge in [0.15, 0.2) is 0 Å². The standard InChI is InChI=1S/C21H28N2O/c1-17-14-18(2)16-23(15-17)12-3-13-24-21-6-4-19(5-7-21)20-8-10-22-11-9-20/h4-11,17-18H,3,12-16H2,1-2H3/t17-,18-/m0/s1. The molecule has 2 atom stereocenters. The third kappa shape index (κ3) is 4.81. The van der Waals surface area contributed by atoms with Crippen LogP contribution in [0, 0.1) is 11.8 Å². The monoisotopic (exact) mass is 324 g/mol. The fourth-order valence-corrected chi connectivity index (χ4v) is 3.74. The Balaban J connectivity index is 1.42. The zero-order valence-corrected chi connectivity index (χ0v) is 14.8. The molecule has 24 heavy (non-hydrogen) atoms. The van der Waals surface area contributed by atoms with Gasteiger partial charge in [-0.05, 0) is 60.1 Å². The van der Waals surface area contributed by atoms with Crippen LogP contribution in [0.4, 0.5) is 0 Å². The van der Waals surface area contributed by atoms with Gasteiger partial charge in [0.05, 0.1) is 6.61 Å². The Labute approximate surface area is 145 Å². The second kappa shape index (κ2) is 8.29. The van der Waals surface area contributed by atoms with E-state index in [9.17, 15) is 0 Å². The first-order valence-corrected chi connectivity index (χ1v) is 9.06. The molecule has 1 aliphatic heterocycles. The van der Waals surface area contributed by atoms with Crippen molar-refractivity contribution in [2.75, 3.05) is 26.2 Å². The number of rotatable bonds is 6. The van der Waals surface area contributed by atoms with Crippen molar-refractivity contribution >= 4 is 0 Å². The second-order valence-corrected chi connectivity index (χ2v) is 7.17. The Kier molecular flexibility index (Phi) is 5.86. The highest BCUT2D eigenvalue weighted by molar-refractivity contribution is 5.63. The summed E-state index contributed by atoms with van der Waals surface area (Å²) in [5.74, 6) is 2.61. The van der Waals surface area contributed by atoms with Crippen LogP contribution in [0.5, 0.6) is 5.75 Å². The fourth-order valence-electron chi connectivity index (χ4n) is 3.74. The van der Waals surface area contributed by atoms with E-state index >= 15 is 0 Å². The minimum Gasteiger partial charge on any atom is -0.494 e. The average molecular weight is 324 g/mol. The maximum Gasteiger partial charge on any atom is 0.119 e. The van der Waals surface area contributed by atoms with Crippen LogP contribution in [0.2, 0.25) is 0 Å². The van der Waals surface area contributed by atoms with Crippen LogP contribution < -0.4 is 4.74 Å². The molecule has 1 fully saturated rings. The van der Waals surface area contributed by atoms with Crippen LogP contribution in [0.3, 0.4) is 0 Å². The topological polar surface area (TPSA) is 25.4 Å². The van der Waals surface area contributed by atoms with Gasteiger partial charge in [-0.2, -0.15) is 0 Å². The van der Waals surface area contributed by atoms with E-state index in [0.717, 1.165) is 37.2 Å². The normalized spacial score (nSPS) is 21.6. The maximum absolute atomic E-state index is 5.90. The highest BCUT2D eigenvalue weighted by Crippen LogP contribution is 2.22. The Morgan fingerprint density at radius 2 is 1.58 bits per heavy atom. The van der Waals surface area contributed by atoms with Gasteiger partial charge >= 0.3 is 0 Å². The van der Waals surface area contributed by atoms with E-state index in [2.05, 4.69) is 48.0 Å². The van der Waals surface area contributed by atoms with Crippen LogP contribution in [-0.2, 0) is 0 Å². The molecule has 3 heteroatoms. The number of ether oxygens (including phenoxy) is 1. The lowest BCUT2D eigenvalue weighted by Gasteiger charge is -2.34. The third-order valence-corrected chi connectivity index (χ3v) is 4.70. The molecule has 1 aromatic heterocycles. The summed E-state index contributed by atoms with van der Waals surface area (Å²) in [5.41, 5.74) is 2.38. The molecule has 3 rings (SSSR count). The lowest BCUT2D eigenvalue weighted by atomic mass is 9.92. The van der Waals surface area contributed by atoms with E-state index in [1.54, 1.807) is 0 Å². The van der Waals surface area contributed by atoms with E-state index < -0.39 is 0 Å². The first-order chi connectivity index (χ1) is 11.7. The predicted molar refractivity (Wildman–Crippen MR) is 99.2 cm³/mol. The van der Waals surface area contributed by atoms with Gasteiger partial charge < -0.3 is 9.64 Å². The molecule has 0 radical (unpaired) electrons. The van der Waals surface area contributed by atoms with Crippen LogP contribution >= 0.6 is 0 Å². The van der Waals surface area contributed by atoms with Crippen molar-refractivity contribution in [1.29, 1.82) is 0 Å². The SMILES string of the molecule is C[C@H]1C[C@H](C)CN(CCCOc2ccc(-c3ccncc3)cc2)C1. The average Bonchev–Trinajstić information content (AvgIpc) is 2.59. The van der Waals surface area contributed by atoms with Crippen molar-refractivity contribution in [3.63, 3.8) is 0 Å². The maximum atomic E-state index is 5.90. The summed E-state index contributed by atoms with van der Waals surface area (Å²) < 4.78 is 5.90. The van der Waals surface area contributed by atoms with Crippen molar-refractivity contribution in [3.05, 3.63) is 48.8 Å². The first-order valence-electron chi connectivity index (χ1n) is 9.06.